The van der Waals surface area contributed by atoms with Crippen LogP contribution in [0.1, 0.15) is 25.0 Å². The van der Waals surface area contributed by atoms with E-state index in [-0.39, 0.29) is 12.3 Å². The predicted octanol–water partition coefficient (Wildman–Crippen LogP) is 4.56. The van der Waals surface area contributed by atoms with E-state index in [2.05, 4.69) is 10.4 Å². The first-order chi connectivity index (χ1) is 14.1. The molecule has 1 amide bonds. The van der Waals surface area contributed by atoms with E-state index in [9.17, 15) is 4.79 Å². The Hall–Kier alpha value is -2.99. The van der Waals surface area contributed by atoms with Crippen molar-refractivity contribution < 1.29 is 14.3 Å². The second kappa shape index (κ2) is 9.98. The number of nitrogens with zero attached hydrogens (tertiary/aromatic N) is 2. The van der Waals surface area contributed by atoms with E-state index >= 15 is 0 Å². The molecule has 0 aliphatic rings. The molecule has 0 spiro atoms. The van der Waals surface area contributed by atoms with Crippen LogP contribution in [0.3, 0.4) is 0 Å². The highest BCUT2D eigenvalue weighted by atomic mass is 35.5. The fraction of sp³-hybridized carbons (Fsp3) is 0.273. The monoisotopic (exact) mass is 413 g/mol. The third kappa shape index (κ3) is 5.99. The Labute approximate surface area is 175 Å². The first-order valence-corrected chi connectivity index (χ1v) is 9.90. The maximum atomic E-state index is 12.4. The van der Waals surface area contributed by atoms with Crippen LogP contribution in [0.2, 0.25) is 5.02 Å². The minimum Gasteiger partial charge on any atom is -0.490 e. The highest BCUT2D eigenvalue weighted by molar-refractivity contribution is 6.30. The van der Waals surface area contributed by atoms with Crippen LogP contribution >= 0.6 is 11.6 Å². The van der Waals surface area contributed by atoms with Crippen molar-refractivity contribution in [2.75, 3.05) is 18.5 Å². The minimum atomic E-state index is -0.126. The van der Waals surface area contributed by atoms with Crippen molar-refractivity contribution >= 4 is 23.2 Å². The number of aromatic nitrogens is 2. The lowest BCUT2D eigenvalue weighted by atomic mass is 10.1. The molecule has 0 aliphatic carbocycles. The maximum absolute atomic E-state index is 12.4. The number of nitrogens with one attached hydrogen (secondary N) is 1. The van der Waals surface area contributed by atoms with E-state index in [0.717, 1.165) is 11.1 Å². The van der Waals surface area contributed by atoms with E-state index in [1.165, 1.54) is 0 Å². The van der Waals surface area contributed by atoms with Crippen LogP contribution in [0, 0.1) is 0 Å². The van der Waals surface area contributed by atoms with Gasteiger partial charge in [-0.25, -0.2) is 0 Å². The smallest absolute Gasteiger partial charge is 0.228 e. The molecule has 6 nitrogen and oxygen atoms in total. The zero-order valence-corrected chi connectivity index (χ0v) is 17.3. The fourth-order valence-electron chi connectivity index (χ4n) is 2.93. The van der Waals surface area contributed by atoms with Gasteiger partial charge in [0.1, 0.15) is 0 Å². The van der Waals surface area contributed by atoms with Crippen LogP contribution in [-0.2, 0) is 17.8 Å². The normalized spacial score (nSPS) is 10.6. The van der Waals surface area contributed by atoms with Gasteiger partial charge in [0.2, 0.25) is 5.91 Å². The lowest BCUT2D eigenvalue weighted by Gasteiger charge is -2.12. The third-order valence-corrected chi connectivity index (χ3v) is 4.36. The molecule has 29 heavy (non-hydrogen) atoms. The van der Waals surface area contributed by atoms with Gasteiger partial charge in [0.15, 0.2) is 11.5 Å². The molecule has 152 valence electrons. The van der Waals surface area contributed by atoms with Gasteiger partial charge in [-0.05, 0) is 49.2 Å². The second-order valence-corrected chi connectivity index (χ2v) is 6.87. The van der Waals surface area contributed by atoms with Gasteiger partial charge in [-0.15, -0.1) is 0 Å². The summed E-state index contributed by atoms with van der Waals surface area (Å²) in [6, 6.07) is 13.2. The van der Waals surface area contributed by atoms with Crippen LogP contribution in [-0.4, -0.2) is 28.9 Å². The molecule has 0 fully saturated rings. The molecular weight excluding hydrogens is 390 g/mol. The van der Waals surface area contributed by atoms with Crippen molar-refractivity contribution in [3.63, 3.8) is 0 Å². The van der Waals surface area contributed by atoms with Crippen LogP contribution in [0.25, 0.3) is 0 Å². The number of amides is 1. The Morgan fingerprint density at radius 1 is 1.07 bits per heavy atom. The summed E-state index contributed by atoms with van der Waals surface area (Å²) < 4.78 is 12.9. The molecule has 2 aromatic carbocycles. The SMILES string of the molecule is CCOc1ccc(CC(=O)Nc2cnn(Cc3cccc(Cl)c3)c2)cc1OCC. The summed E-state index contributed by atoms with van der Waals surface area (Å²) in [7, 11) is 0. The van der Waals surface area contributed by atoms with Crippen molar-refractivity contribution in [2.24, 2.45) is 0 Å². The molecule has 1 aromatic heterocycles. The Kier molecular flexibility index (Phi) is 7.14. The summed E-state index contributed by atoms with van der Waals surface area (Å²) in [5, 5.41) is 7.86. The van der Waals surface area contributed by atoms with Gasteiger partial charge in [-0.3, -0.25) is 9.48 Å². The van der Waals surface area contributed by atoms with E-state index in [1.54, 1.807) is 17.1 Å². The molecule has 7 heteroatoms. The molecular formula is C22H24ClN3O3. The molecule has 0 unspecified atom stereocenters. The molecule has 0 bridgehead atoms. The number of rotatable bonds is 9. The zero-order chi connectivity index (χ0) is 20.6. The quantitative estimate of drug-likeness (QED) is 0.558. The molecule has 1 heterocycles. The van der Waals surface area contributed by atoms with Gasteiger partial charge in [0.05, 0.1) is 38.1 Å². The minimum absolute atomic E-state index is 0.126. The van der Waals surface area contributed by atoms with Crippen molar-refractivity contribution in [2.45, 2.75) is 26.8 Å². The molecule has 1 N–H and O–H groups in total. The Morgan fingerprint density at radius 2 is 1.86 bits per heavy atom. The Morgan fingerprint density at radius 3 is 2.62 bits per heavy atom. The van der Waals surface area contributed by atoms with Crippen LogP contribution in [0.5, 0.6) is 11.5 Å². The molecule has 0 saturated heterocycles. The number of ether oxygens (including phenoxy) is 2. The number of halogens is 1. The lowest BCUT2D eigenvalue weighted by Crippen LogP contribution is -2.14. The van der Waals surface area contributed by atoms with Crippen LogP contribution < -0.4 is 14.8 Å². The van der Waals surface area contributed by atoms with Crippen LogP contribution in [0.15, 0.2) is 54.9 Å². The average molecular weight is 414 g/mol. The molecule has 0 aliphatic heterocycles. The van der Waals surface area contributed by atoms with Crippen LogP contribution in [0.4, 0.5) is 5.69 Å². The molecule has 0 atom stereocenters. The molecule has 3 aromatic rings. The van der Waals surface area contributed by atoms with Gasteiger partial charge in [-0.1, -0.05) is 29.8 Å². The predicted molar refractivity (Wildman–Crippen MR) is 114 cm³/mol. The summed E-state index contributed by atoms with van der Waals surface area (Å²) in [6.45, 7) is 5.49. The van der Waals surface area contributed by atoms with E-state index < -0.39 is 0 Å². The third-order valence-electron chi connectivity index (χ3n) is 4.12. The van der Waals surface area contributed by atoms with Crippen molar-refractivity contribution in [3.8, 4) is 11.5 Å². The zero-order valence-electron chi connectivity index (χ0n) is 16.5. The number of carbonyl (C=O) groups is 1. The second-order valence-electron chi connectivity index (χ2n) is 6.43. The summed E-state index contributed by atoms with van der Waals surface area (Å²) in [4.78, 5) is 12.4. The van der Waals surface area contributed by atoms with Crippen molar-refractivity contribution in [1.82, 2.24) is 9.78 Å². The number of benzene rings is 2. The van der Waals surface area contributed by atoms with Gasteiger partial charge in [0.25, 0.3) is 0 Å². The molecule has 0 saturated carbocycles. The molecule has 0 radical (unpaired) electrons. The Bertz CT molecular complexity index is 971. The van der Waals surface area contributed by atoms with Gasteiger partial charge >= 0.3 is 0 Å². The van der Waals surface area contributed by atoms with Gasteiger partial charge < -0.3 is 14.8 Å². The van der Waals surface area contributed by atoms with Crippen molar-refractivity contribution in [3.05, 3.63) is 71.0 Å². The Balaban J connectivity index is 1.61. The average Bonchev–Trinajstić information content (AvgIpc) is 3.10. The summed E-state index contributed by atoms with van der Waals surface area (Å²) in [6.07, 6.45) is 3.65. The highest BCUT2D eigenvalue weighted by Crippen LogP contribution is 2.28. The summed E-state index contributed by atoms with van der Waals surface area (Å²) in [5.41, 5.74) is 2.53. The highest BCUT2D eigenvalue weighted by Gasteiger charge is 2.10. The topological polar surface area (TPSA) is 65.4 Å². The molecule has 3 rings (SSSR count). The van der Waals surface area contributed by atoms with E-state index in [0.29, 0.717) is 42.0 Å². The van der Waals surface area contributed by atoms with E-state index in [4.69, 9.17) is 21.1 Å². The maximum Gasteiger partial charge on any atom is 0.228 e. The van der Waals surface area contributed by atoms with Gasteiger partial charge in [-0.2, -0.15) is 5.10 Å². The summed E-state index contributed by atoms with van der Waals surface area (Å²) >= 11 is 6.02. The number of carbonyl (C=O) groups excluding carboxylic acids is 1. The standard InChI is InChI=1S/C22H24ClN3O3/c1-3-28-20-9-8-16(11-21(20)29-4-2)12-22(27)25-19-13-24-26(15-19)14-17-6-5-7-18(23)10-17/h5-11,13,15H,3-4,12,14H2,1-2H3,(H,25,27). The lowest BCUT2D eigenvalue weighted by molar-refractivity contribution is -0.115. The number of anilines is 1. The fourth-order valence-corrected chi connectivity index (χ4v) is 3.15. The van der Waals surface area contributed by atoms with Gasteiger partial charge in [0, 0.05) is 11.2 Å². The summed E-state index contributed by atoms with van der Waals surface area (Å²) in [5.74, 6) is 1.20. The largest absolute Gasteiger partial charge is 0.490 e. The van der Waals surface area contributed by atoms with Crippen molar-refractivity contribution in [1.29, 1.82) is 0 Å². The van der Waals surface area contributed by atoms with E-state index in [1.807, 2.05) is 56.3 Å². The first kappa shape index (κ1) is 20.7. The number of hydrogen-bond acceptors (Lipinski definition) is 4. The number of hydrogen-bond donors (Lipinski definition) is 1. The first-order valence-electron chi connectivity index (χ1n) is 9.52.